The first-order valence-electron chi connectivity index (χ1n) is 6.76. The molecular weight excluding hydrogens is 230 g/mol. The molecule has 98 valence electrons. The average molecular weight is 249 g/mol. The fraction of sp³-hybridized carbons (Fsp3) is 0.692. The number of carbonyl (C=O) groups excluding carboxylic acids is 1. The molecule has 2 aliphatic rings. The van der Waals surface area contributed by atoms with E-state index in [0.29, 0.717) is 17.7 Å². The third-order valence-electron chi connectivity index (χ3n) is 4.07. The number of carbonyl (C=O) groups is 1. The molecule has 5 heteroatoms. The summed E-state index contributed by atoms with van der Waals surface area (Å²) in [6.45, 7) is 2.78. The number of rotatable bonds is 1. The number of piperidine rings is 1. The smallest absolute Gasteiger partial charge is 0.291 e. The lowest BCUT2D eigenvalue weighted by atomic mass is 9.89. The molecule has 0 aromatic carbocycles. The van der Waals surface area contributed by atoms with Crippen LogP contribution in [0.2, 0.25) is 0 Å². The molecule has 1 amide bonds. The molecule has 0 bridgehead atoms. The fourth-order valence-electron chi connectivity index (χ4n) is 3.07. The molecule has 0 saturated carbocycles. The van der Waals surface area contributed by atoms with Gasteiger partial charge in [0.15, 0.2) is 6.39 Å². The molecule has 5 nitrogen and oxygen atoms in total. The van der Waals surface area contributed by atoms with Crippen LogP contribution in [-0.2, 0) is 0 Å². The number of likely N-dealkylation sites (tertiary alicyclic amines) is 1. The summed E-state index contributed by atoms with van der Waals surface area (Å²) in [6.07, 6.45) is 7.59. The summed E-state index contributed by atoms with van der Waals surface area (Å²) in [5, 5.41) is 3.60. The summed E-state index contributed by atoms with van der Waals surface area (Å²) in [5.74, 6) is 0.929. The molecule has 2 saturated heterocycles. The van der Waals surface area contributed by atoms with Crippen molar-refractivity contribution in [1.29, 1.82) is 0 Å². The van der Waals surface area contributed by atoms with Crippen molar-refractivity contribution in [2.75, 3.05) is 19.6 Å². The quantitative estimate of drug-likeness (QED) is 0.814. The molecule has 1 N–H and O–H groups in total. The molecule has 2 atom stereocenters. The Hall–Kier alpha value is -1.36. The first-order chi connectivity index (χ1) is 8.84. The van der Waals surface area contributed by atoms with Gasteiger partial charge in [-0.1, -0.05) is 6.42 Å². The van der Waals surface area contributed by atoms with Crippen molar-refractivity contribution in [3.8, 4) is 0 Å². The number of fused-ring (bicyclic) bond motifs is 1. The fourth-order valence-corrected chi connectivity index (χ4v) is 3.07. The summed E-state index contributed by atoms with van der Waals surface area (Å²) in [6, 6.07) is 0.589. The van der Waals surface area contributed by atoms with Gasteiger partial charge in [-0.05, 0) is 31.7 Å². The van der Waals surface area contributed by atoms with E-state index in [1.807, 2.05) is 4.90 Å². The molecule has 0 aliphatic carbocycles. The lowest BCUT2D eigenvalue weighted by Crippen LogP contribution is -2.50. The number of nitrogens with zero attached hydrogens (tertiary/aromatic N) is 2. The molecule has 3 rings (SSSR count). The van der Waals surface area contributed by atoms with Crippen LogP contribution in [0.3, 0.4) is 0 Å². The van der Waals surface area contributed by atoms with E-state index in [-0.39, 0.29) is 5.91 Å². The molecule has 18 heavy (non-hydrogen) atoms. The minimum atomic E-state index is -0.0183. The molecule has 0 radical (unpaired) electrons. The van der Waals surface area contributed by atoms with E-state index in [0.717, 1.165) is 26.1 Å². The van der Waals surface area contributed by atoms with Crippen LogP contribution in [0.25, 0.3) is 0 Å². The van der Waals surface area contributed by atoms with Gasteiger partial charge in [0, 0.05) is 19.1 Å². The minimum absolute atomic E-state index is 0.0183. The maximum Gasteiger partial charge on any atom is 0.291 e. The van der Waals surface area contributed by atoms with Gasteiger partial charge in [0.05, 0.1) is 6.20 Å². The van der Waals surface area contributed by atoms with Gasteiger partial charge in [-0.3, -0.25) is 4.79 Å². The maximum absolute atomic E-state index is 12.2. The van der Waals surface area contributed by atoms with Gasteiger partial charge in [-0.15, -0.1) is 0 Å². The highest BCUT2D eigenvalue weighted by Gasteiger charge is 2.33. The van der Waals surface area contributed by atoms with Gasteiger partial charge < -0.3 is 14.6 Å². The van der Waals surface area contributed by atoms with Crippen molar-refractivity contribution >= 4 is 5.91 Å². The molecule has 0 unspecified atom stereocenters. The molecule has 2 fully saturated rings. The summed E-state index contributed by atoms with van der Waals surface area (Å²) in [4.78, 5) is 17.9. The van der Waals surface area contributed by atoms with Crippen molar-refractivity contribution in [1.82, 2.24) is 15.2 Å². The Morgan fingerprint density at radius 2 is 2.39 bits per heavy atom. The first kappa shape index (κ1) is 11.7. The SMILES string of the molecule is O=C(c1cnco1)N1CC[C@H]2NCCCC[C@H]2C1. The molecule has 1 aromatic rings. The predicted octanol–water partition coefficient (Wildman–Crippen LogP) is 1.28. The van der Waals surface area contributed by atoms with Gasteiger partial charge >= 0.3 is 0 Å². The van der Waals surface area contributed by atoms with Crippen LogP contribution in [0.4, 0.5) is 0 Å². The summed E-state index contributed by atoms with van der Waals surface area (Å²) >= 11 is 0. The topological polar surface area (TPSA) is 58.4 Å². The van der Waals surface area contributed by atoms with Crippen LogP contribution in [0, 0.1) is 5.92 Å². The molecule has 0 spiro atoms. The number of aromatic nitrogens is 1. The zero-order chi connectivity index (χ0) is 12.4. The normalized spacial score (nSPS) is 28.6. The lowest BCUT2D eigenvalue weighted by Gasteiger charge is -2.37. The number of hydrogen-bond acceptors (Lipinski definition) is 4. The monoisotopic (exact) mass is 249 g/mol. The maximum atomic E-state index is 12.2. The second-order valence-electron chi connectivity index (χ2n) is 5.22. The van der Waals surface area contributed by atoms with E-state index in [9.17, 15) is 4.79 Å². The predicted molar refractivity (Wildman–Crippen MR) is 66.2 cm³/mol. The molecule has 2 aliphatic heterocycles. The van der Waals surface area contributed by atoms with Crippen molar-refractivity contribution in [3.63, 3.8) is 0 Å². The van der Waals surface area contributed by atoms with E-state index >= 15 is 0 Å². The highest BCUT2D eigenvalue weighted by molar-refractivity contribution is 5.91. The van der Waals surface area contributed by atoms with E-state index in [4.69, 9.17) is 4.42 Å². The number of nitrogens with one attached hydrogen (secondary N) is 1. The number of amides is 1. The van der Waals surface area contributed by atoms with Crippen molar-refractivity contribution in [2.45, 2.75) is 31.7 Å². The summed E-state index contributed by atoms with van der Waals surface area (Å²) < 4.78 is 5.09. The largest absolute Gasteiger partial charge is 0.438 e. The van der Waals surface area contributed by atoms with Crippen molar-refractivity contribution < 1.29 is 9.21 Å². The first-order valence-corrected chi connectivity index (χ1v) is 6.76. The molecule has 1 aromatic heterocycles. The Bertz CT molecular complexity index is 404. The van der Waals surface area contributed by atoms with Crippen LogP contribution in [0.1, 0.15) is 36.2 Å². The minimum Gasteiger partial charge on any atom is -0.438 e. The van der Waals surface area contributed by atoms with Crippen LogP contribution in [0.15, 0.2) is 17.0 Å². The molecule has 3 heterocycles. The highest BCUT2D eigenvalue weighted by Crippen LogP contribution is 2.25. The Morgan fingerprint density at radius 3 is 3.22 bits per heavy atom. The molecular formula is C13H19N3O2. The standard InChI is InChI=1S/C13H19N3O2/c17-13(12-7-14-9-18-12)16-6-4-11-10(8-16)3-1-2-5-15-11/h7,9-11,15H,1-6,8H2/t10-,11+/m0/s1. The van der Waals surface area contributed by atoms with Crippen molar-refractivity contribution in [2.24, 2.45) is 5.92 Å². The Balaban J connectivity index is 1.67. The second-order valence-corrected chi connectivity index (χ2v) is 5.22. The third kappa shape index (κ3) is 2.27. The van der Waals surface area contributed by atoms with E-state index in [1.165, 1.54) is 31.9 Å². The zero-order valence-electron chi connectivity index (χ0n) is 10.5. The van der Waals surface area contributed by atoms with Crippen LogP contribution >= 0.6 is 0 Å². The van der Waals surface area contributed by atoms with Gasteiger partial charge in [0.1, 0.15) is 0 Å². The van der Waals surface area contributed by atoms with Crippen LogP contribution in [0.5, 0.6) is 0 Å². The van der Waals surface area contributed by atoms with Gasteiger partial charge in [0.25, 0.3) is 5.91 Å². The number of hydrogen-bond donors (Lipinski definition) is 1. The third-order valence-corrected chi connectivity index (χ3v) is 4.07. The van der Waals surface area contributed by atoms with E-state index < -0.39 is 0 Å². The van der Waals surface area contributed by atoms with E-state index in [2.05, 4.69) is 10.3 Å². The van der Waals surface area contributed by atoms with E-state index in [1.54, 1.807) is 0 Å². The average Bonchev–Trinajstić information content (AvgIpc) is 2.83. The van der Waals surface area contributed by atoms with Gasteiger partial charge in [-0.25, -0.2) is 4.98 Å². The Morgan fingerprint density at radius 1 is 1.44 bits per heavy atom. The highest BCUT2D eigenvalue weighted by atomic mass is 16.3. The van der Waals surface area contributed by atoms with Gasteiger partial charge in [-0.2, -0.15) is 0 Å². The summed E-state index contributed by atoms with van der Waals surface area (Å²) in [5.41, 5.74) is 0. The zero-order valence-corrected chi connectivity index (χ0v) is 10.5. The number of oxazole rings is 1. The van der Waals surface area contributed by atoms with Crippen molar-refractivity contribution in [3.05, 3.63) is 18.4 Å². The Labute approximate surface area is 107 Å². The Kier molecular flexibility index (Phi) is 3.32. The lowest BCUT2D eigenvalue weighted by molar-refractivity contribution is 0.0600. The summed E-state index contributed by atoms with van der Waals surface area (Å²) in [7, 11) is 0. The van der Waals surface area contributed by atoms with Crippen LogP contribution in [-0.4, -0.2) is 41.5 Å². The van der Waals surface area contributed by atoms with Crippen LogP contribution < -0.4 is 5.32 Å². The van der Waals surface area contributed by atoms with Gasteiger partial charge in [0.2, 0.25) is 5.76 Å². The second kappa shape index (κ2) is 5.10.